The highest BCUT2D eigenvalue weighted by molar-refractivity contribution is 9.10. The third-order valence-electron chi connectivity index (χ3n) is 2.03. The van der Waals surface area contributed by atoms with E-state index in [1.165, 1.54) is 12.1 Å². The van der Waals surface area contributed by atoms with Crippen molar-refractivity contribution in [3.63, 3.8) is 0 Å². The SMILES string of the molecule is CC(C#N)CNS(=O)(=O)c1c(Cl)cc(Br)cc1Cl. The van der Waals surface area contributed by atoms with E-state index in [0.717, 1.165) is 0 Å². The first-order chi connectivity index (χ1) is 8.27. The first-order valence-electron chi connectivity index (χ1n) is 4.81. The molecule has 0 saturated heterocycles. The van der Waals surface area contributed by atoms with Crippen molar-refractivity contribution in [1.29, 1.82) is 5.26 Å². The number of halogens is 3. The lowest BCUT2D eigenvalue weighted by atomic mass is 10.2. The summed E-state index contributed by atoms with van der Waals surface area (Å²) in [7, 11) is -3.83. The van der Waals surface area contributed by atoms with Crippen LogP contribution in [0, 0.1) is 17.2 Å². The molecule has 1 unspecified atom stereocenters. The van der Waals surface area contributed by atoms with Crippen molar-refractivity contribution in [2.24, 2.45) is 5.92 Å². The van der Waals surface area contributed by atoms with Gasteiger partial charge in [-0.3, -0.25) is 0 Å². The lowest BCUT2D eigenvalue weighted by Gasteiger charge is -2.11. The molecule has 0 aliphatic heterocycles. The largest absolute Gasteiger partial charge is 0.243 e. The molecule has 0 spiro atoms. The summed E-state index contributed by atoms with van der Waals surface area (Å²) in [6.07, 6.45) is 0. The molecule has 0 fully saturated rings. The number of hydrogen-bond acceptors (Lipinski definition) is 3. The topological polar surface area (TPSA) is 70.0 Å². The molecule has 0 bridgehead atoms. The van der Waals surface area contributed by atoms with Crippen molar-refractivity contribution >= 4 is 49.2 Å². The minimum atomic E-state index is -3.83. The molecule has 0 amide bonds. The molecule has 8 heteroatoms. The second-order valence-electron chi connectivity index (χ2n) is 3.58. The molecule has 0 aromatic heterocycles. The maximum atomic E-state index is 12.0. The van der Waals surface area contributed by atoms with Gasteiger partial charge in [0.1, 0.15) is 4.90 Å². The standard InChI is InChI=1S/C10H9BrCl2N2O2S/c1-6(4-14)5-15-18(16,17)10-8(12)2-7(11)3-9(10)13/h2-3,6,15H,5H2,1H3. The molecule has 1 rings (SSSR count). The minimum absolute atomic E-state index is 0.00154. The van der Waals surface area contributed by atoms with Crippen LogP contribution < -0.4 is 4.72 Å². The predicted octanol–water partition coefficient (Wildman–Crippen LogP) is 3.19. The molecule has 98 valence electrons. The van der Waals surface area contributed by atoms with Crippen molar-refractivity contribution < 1.29 is 8.42 Å². The smallest absolute Gasteiger partial charge is 0.210 e. The second kappa shape index (κ2) is 6.22. The van der Waals surface area contributed by atoms with Crippen LogP contribution in [0.4, 0.5) is 0 Å². The normalized spacial score (nSPS) is 13.1. The van der Waals surface area contributed by atoms with Crippen molar-refractivity contribution in [2.45, 2.75) is 11.8 Å². The van der Waals surface area contributed by atoms with Crippen LogP contribution in [0.25, 0.3) is 0 Å². The molecule has 4 nitrogen and oxygen atoms in total. The number of nitrogens with zero attached hydrogens (tertiary/aromatic N) is 1. The Balaban J connectivity index is 3.11. The van der Waals surface area contributed by atoms with Crippen molar-refractivity contribution in [3.8, 4) is 6.07 Å². The molecule has 1 atom stereocenters. The molecule has 0 aliphatic carbocycles. The van der Waals surface area contributed by atoms with Crippen LogP contribution in [0.5, 0.6) is 0 Å². The van der Waals surface area contributed by atoms with E-state index in [1.807, 2.05) is 6.07 Å². The fourth-order valence-corrected chi connectivity index (χ4v) is 4.20. The summed E-state index contributed by atoms with van der Waals surface area (Å²) >= 11 is 14.9. The summed E-state index contributed by atoms with van der Waals surface area (Å²) in [6, 6.07) is 4.81. The van der Waals surface area contributed by atoms with E-state index < -0.39 is 15.9 Å². The lowest BCUT2D eigenvalue weighted by Crippen LogP contribution is -2.28. The zero-order valence-corrected chi connectivity index (χ0v) is 13.2. The average Bonchev–Trinajstić information content (AvgIpc) is 2.24. The van der Waals surface area contributed by atoms with E-state index in [1.54, 1.807) is 6.92 Å². The van der Waals surface area contributed by atoms with E-state index in [0.29, 0.717) is 4.47 Å². The van der Waals surface area contributed by atoms with Crippen LogP contribution in [-0.4, -0.2) is 15.0 Å². The maximum Gasteiger partial charge on any atom is 0.243 e. The van der Waals surface area contributed by atoms with Gasteiger partial charge in [0.2, 0.25) is 10.0 Å². The third-order valence-corrected chi connectivity index (χ3v) is 4.83. The van der Waals surface area contributed by atoms with Gasteiger partial charge in [-0.2, -0.15) is 5.26 Å². The van der Waals surface area contributed by atoms with E-state index in [2.05, 4.69) is 20.7 Å². The Morgan fingerprint density at radius 1 is 1.44 bits per heavy atom. The Bertz CT molecular complexity index is 575. The maximum absolute atomic E-state index is 12.0. The molecule has 1 N–H and O–H groups in total. The molecule has 0 aliphatic rings. The number of benzene rings is 1. The number of sulfonamides is 1. The summed E-state index contributed by atoms with van der Waals surface area (Å²) < 4.78 is 26.9. The van der Waals surface area contributed by atoms with Gasteiger partial charge in [0.15, 0.2) is 0 Å². The molecule has 1 aromatic rings. The third kappa shape index (κ3) is 3.84. The Morgan fingerprint density at radius 2 is 1.94 bits per heavy atom. The lowest BCUT2D eigenvalue weighted by molar-refractivity contribution is 0.573. The molecular weight excluding hydrogens is 363 g/mol. The van der Waals surface area contributed by atoms with Crippen LogP contribution in [-0.2, 0) is 10.0 Å². The summed E-state index contributed by atoms with van der Waals surface area (Å²) in [5, 5.41) is 8.64. The summed E-state index contributed by atoms with van der Waals surface area (Å²) in [5.74, 6) is -0.437. The number of nitriles is 1. The highest BCUT2D eigenvalue weighted by Crippen LogP contribution is 2.32. The van der Waals surface area contributed by atoms with Crippen LogP contribution >= 0.6 is 39.1 Å². The van der Waals surface area contributed by atoms with Crippen molar-refractivity contribution in [2.75, 3.05) is 6.54 Å². The first kappa shape index (κ1) is 15.7. The van der Waals surface area contributed by atoms with E-state index in [9.17, 15) is 8.42 Å². The Kier molecular flexibility index (Phi) is 5.44. The molecule has 0 saturated carbocycles. The van der Waals surface area contributed by atoms with Crippen molar-refractivity contribution in [3.05, 3.63) is 26.7 Å². The zero-order chi connectivity index (χ0) is 13.9. The van der Waals surface area contributed by atoms with Crippen LogP contribution in [0.15, 0.2) is 21.5 Å². The molecular formula is C10H9BrCl2N2O2S. The van der Waals surface area contributed by atoms with Gasteiger partial charge in [0, 0.05) is 11.0 Å². The van der Waals surface area contributed by atoms with Gasteiger partial charge in [-0.25, -0.2) is 13.1 Å². The van der Waals surface area contributed by atoms with E-state index >= 15 is 0 Å². The van der Waals surface area contributed by atoms with Gasteiger partial charge in [-0.1, -0.05) is 39.1 Å². The van der Waals surface area contributed by atoms with Gasteiger partial charge in [-0.05, 0) is 19.1 Å². The van der Waals surface area contributed by atoms with Gasteiger partial charge in [0.05, 0.1) is 22.0 Å². The fraction of sp³-hybridized carbons (Fsp3) is 0.300. The van der Waals surface area contributed by atoms with Crippen molar-refractivity contribution in [1.82, 2.24) is 4.72 Å². The Labute approximate surface area is 124 Å². The molecule has 0 heterocycles. The summed E-state index contributed by atoms with van der Waals surface area (Å²) in [5.41, 5.74) is 0. The van der Waals surface area contributed by atoms with Crippen LogP contribution in [0.1, 0.15) is 6.92 Å². The van der Waals surface area contributed by atoms with E-state index in [-0.39, 0.29) is 21.5 Å². The first-order valence-corrected chi connectivity index (χ1v) is 7.85. The number of hydrogen-bond donors (Lipinski definition) is 1. The highest BCUT2D eigenvalue weighted by atomic mass is 79.9. The summed E-state index contributed by atoms with van der Waals surface area (Å²) in [6.45, 7) is 1.61. The minimum Gasteiger partial charge on any atom is -0.210 e. The molecule has 1 aromatic carbocycles. The number of rotatable bonds is 4. The highest BCUT2D eigenvalue weighted by Gasteiger charge is 2.22. The summed E-state index contributed by atoms with van der Waals surface area (Å²) in [4.78, 5) is -0.181. The van der Waals surface area contributed by atoms with Crippen LogP contribution in [0.3, 0.4) is 0 Å². The quantitative estimate of drug-likeness (QED) is 0.883. The number of nitrogens with one attached hydrogen (secondary N) is 1. The second-order valence-corrected chi connectivity index (χ2v) is 7.01. The monoisotopic (exact) mass is 370 g/mol. The Morgan fingerprint density at radius 3 is 2.39 bits per heavy atom. The van der Waals surface area contributed by atoms with Gasteiger partial charge < -0.3 is 0 Å². The molecule has 0 radical (unpaired) electrons. The zero-order valence-electron chi connectivity index (χ0n) is 9.25. The Hall–Kier alpha value is -0.320. The average molecular weight is 372 g/mol. The molecule has 18 heavy (non-hydrogen) atoms. The fourth-order valence-electron chi connectivity index (χ4n) is 1.14. The van der Waals surface area contributed by atoms with E-state index in [4.69, 9.17) is 28.5 Å². The van der Waals surface area contributed by atoms with Crippen LogP contribution in [0.2, 0.25) is 10.0 Å². The van der Waals surface area contributed by atoms with Gasteiger partial charge in [0.25, 0.3) is 0 Å². The van der Waals surface area contributed by atoms with Gasteiger partial charge >= 0.3 is 0 Å². The predicted molar refractivity (Wildman–Crippen MR) is 74.1 cm³/mol. The van der Waals surface area contributed by atoms with Gasteiger partial charge in [-0.15, -0.1) is 0 Å².